The van der Waals surface area contributed by atoms with Crippen LogP contribution in [-0.2, 0) is 4.79 Å². The molecule has 1 aromatic carbocycles. The maximum Gasteiger partial charge on any atom is 0.317 e. The van der Waals surface area contributed by atoms with Crippen LogP contribution in [0.3, 0.4) is 0 Å². The van der Waals surface area contributed by atoms with Gasteiger partial charge in [-0.25, -0.2) is 4.79 Å². The van der Waals surface area contributed by atoms with Crippen LogP contribution in [0.5, 0.6) is 0 Å². The topological polar surface area (TPSA) is 52.7 Å². The maximum absolute atomic E-state index is 12.5. The summed E-state index contributed by atoms with van der Waals surface area (Å²) in [5.41, 5.74) is 2.08. The van der Waals surface area contributed by atoms with E-state index in [1.165, 1.54) is 24.8 Å². The summed E-state index contributed by atoms with van der Waals surface area (Å²) in [6, 6.07) is 8.11. The fraction of sp³-hybridized carbons (Fsp3) is 0.579. The standard InChI is InChI=1S/C19H27N3O2/c1-14-8-10-17(11-9-14)22-13-15(12-18(22)23)20-19(24)21(2)16-6-4-3-5-7-16/h8-11,15-16H,3-7,12-13H2,1-2H3,(H,20,24)/t15-/m1/s1. The predicted molar refractivity (Wildman–Crippen MR) is 95.1 cm³/mol. The van der Waals surface area contributed by atoms with Crippen molar-refractivity contribution in [3.63, 3.8) is 0 Å². The molecule has 0 spiro atoms. The molecule has 1 aliphatic heterocycles. The largest absolute Gasteiger partial charge is 0.333 e. The Hall–Kier alpha value is -2.04. The molecule has 1 N–H and O–H groups in total. The number of carbonyl (C=O) groups is 2. The van der Waals surface area contributed by atoms with Crippen molar-refractivity contribution in [2.45, 2.75) is 57.5 Å². The molecule has 3 amide bonds. The molecule has 1 heterocycles. The number of amides is 3. The lowest BCUT2D eigenvalue weighted by Crippen LogP contribution is -2.48. The molecule has 5 nitrogen and oxygen atoms in total. The number of urea groups is 1. The first-order valence-electron chi connectivity index (χ1n) is 8.95. The Bertz CT molecular complexity index is 593. The van der Waals surface area contributed by atoms with E-state index in [0.29, 0.717) is 19.0 Å². The zero-order valence-electron chi connectivity index (χ0n) is 14.6. The van der Waals surface area contributed by atoms with Crippen molar-refractivity contribution in [1.82, 2.24) is 10.2 Å². The molecular weight excluding hydrogens is 302 g/mol. The van der Waals surface area contributed by atoms with E-state index in [-0.39, 0.29) is 18.0 Å². The van der Waals surface area contributed by atoms with Gasteiger partial charge in [0.05, 0.1) is 6.04 Å². The lowest BCUT2D eigenvalue weighted by atomic mass is 9.95. The number of nitrogens with one attached hydrogen (secondary N) is 1. The van der Waals surface area contributed by atoms with E-state index in [2.05, 4.69) is 5.32 Å². The second-order valence-corrected chi connectivity index (χ2v) is 7.09. The Labute approximate surface area is 144 Å². The van der Waals surface area contributed by atoms with Crippen molar-refractivity contribution >= 4 is 17.6 Å². The minimum atomic E-state index is -0.114. The summed E-state index contributed by atoms with van der Waals surface area (Å²) in [5, 5.41) is 3.04. The number of hydrogen-bond donors (Lipinski definition) is 1. The van der Waals surface area contributed by atoms with Gasteiger partial charge in [-0.2, -0.15) is 0 Å². The first kappa shape index (κ1) is 16.8. The van der Waals surface area contributed by atoms with Gasteiger partial charge in [-0.3, -0.25) is 4.79 Å². The van der Waals surface area contributed by atoms with Gasteiger partial charge in [0.1, 0.15) is 0 Å². The van der Waals surface area contributed by atoms with Crippen LogP contribution >= 0.6 is 0 Å². The van der Waals surface area contributed by atoms with Gasteiger partial charge < -0.3 is 15.1 Å². The highest BCUT2D eigenvalue weighted by molar-refractivity contribution is 5.96. The molecule has 1 saturated heterocycles. The highest BCUT2D eigenvalue weighted by Gasteiger charge is 2.33. The number of nitrogens with zero attached hydrogens (tertiary/aromatic N) is 2. The molecule has 1 aromatic rings. The molecule has 5 heteroatoms. The molecule has 0 unspecified atom stereocenters. The summed E-state index contributed by atoms with van der Waals surface area (Å²) >= 11 is 0. The lowest BCUT2D eigenvalue weighted by Gasteiger charge is -2.32. The van der Waals surface area contributed by atoms with Crippen molar-refractivity contribution in [1.29, 1.82) is 0 Å². The zero-order chi connectivity index (χ0) is 17.1. The van der Waals surface area contributed by atoms with E-state index in [9.17, 15) is 9.59 Å². The van der Waals surface area contributed by atoms with E-state index in [1.807, 2.05) is 43.1 Å². The van der Waals surface area contributed by atoms with Crippen LogP contribution in [0, 0.1) is 6.92 Å². The van der Waals surface area contributed by atoms with Crippen molar-refractivity contribution < 1.29 is 9.59 Å². The molecule has 0 radical (unpaired) electrons. The maximum atomic E-state index is 12.5. The van der Waals surface area contributed by atoms with E-state index < -0.39 is 0 Å². The highest BCUT2D eigenvalue weighted by atomic mass is 16.2. The van der Waals surface area contributed by atoms with Crippen LogP contribution in [0.1, 0.15) is 44.1 Å². The first-order chi connectivity index (χ1) is 11.5. The van der Waals surface area contributed by atoms with Crippen LogP contribution in [0.25, 0.3) is 0 Å². The van der Waals surface area contributed by atoms with Gasteiger partial charge in [-0.1, -0.05) is 37.0 Å². The molecule has 0 aromatic heterocycles. The number of aryl methyl sites for hydroxylation is 1. The van der Waals surface area contributed by atoms with Crippen LogP contribution < -0.4 is 10.2 Å². The van der Waals surface area contributed by atoms with E-state index in [0.717, 1.165) is 18.5 Å². The van der Waals surface area contributed by atoms with Gasteiger partial charge in [-0.15, -0.1) is 0 Å². The summed E-state index contributed by atoms with van der Waals surface area (Å²) in [5.74, 6) is 0.0736. The smallest absolute Gasteiger partial charge is 0.317 e. The summed E-state index contributed by atoms with van der Waals surface area (Å²) in [7, 11) is 1.87. The average Bonchev–Trinajstić information content (AvgIpc) is 2.96. The minimum absolute atomic E-state index is 0.0505. The van der Waals surface area contributed by atoms with Gasteiger partial charge >= 0.3 is 6.03 Å². The van der Waals surface area contributed by atoms with E-state index in [1.54, 1.807) is 4.90 Å². The van der Waals surface area contributed by atoms with Gasteiger partial charge in [0.25, 0.3) is 0 Å². The van der Waals surface area contributed by atoms with Crippen LogP contribution in [0.2, 0.25) is 0 Å². The number of rotatable bonds is 3. The van der Waals surface area contributed by atoms with Crippen molar-refractivity contribution in [2.75, 3.05) is 18.5 Å². The molecule has 0 bridgehead atoms. The van der Waals surface area contributed by atoms with Gasteiger partial charge in [0, 0.05) is 31.7 Å². The van der Waals surface area contributed by atoms with Crippen LogP contribution in [-0.4, -0.2) is 42.5 Å². The first-order valence-corrected chi connectivity index (χ1v) is 8.95. The molecule has 1 aliphatic carbocycles. The molecule has 3 rings (SSSR count). The Morgan fingerprint density at radius 1 is 1.17 bits per heavy atom. The zero-order valence-corrected chi connectivity index (χ0v) is 14.6. The highest BCUT2D eigenvalue weighted by Crippen LogP contribution is 2.24. The van der Waals surface area contributed by atoms with Crippen molar-refractivity contribution in [2.24, 2.45) is 0 Å². The second-order valence-electron chi connectivity index (χ2n) is 7.09. The van der Waals surface area contributed by atoms with Gasteiger partial charge in [0.2, 0.25) is 5.91 Å². The third kappa shape index (κ3) is 3.71. The monoisotopic (exact) mass is 329 g/mol. The third-order valence-corrected chi connectivity index (χ3v) is 5.24. The summed E-state index contributed by atoms with van der Waals surface area (Å²) in [6.45, 7) is 2.58. The molecule has 1 atom stereocenters. The predicted octanol–water partition coefficient (Wildman–Crippen LogP) is 3.07. The Balaban J connectivity index is 1.57. The molecular formula is C19H27N3O2. The molecule has 2 aliphatic rings. The molecule has 1 saturated carbocycles. The third-order valence-electron chi connectivity index (χ3n) is 5.24. The van der Waals surface area contributed by atoms with Crippen molar-refractivity contribution in [3.05, 3.63) is 29.8 Å². The van der Waals surface area contributed by atoms with Gasteiger partial charge in [-0.05, 0) is 31.9 Å². The summed E-state index contributed by atoms with van der Waals surface area (Å²) in [6.07, 6.45) is 6.22. The van der Waals surface area contributed by atoms with E-state index >= 15 is 0 Å². The number of anilines is 1. The fourth-order valence-corrected chi connectivity index (χ4v) is 3.69. The van der Waals surface area contributed by atoms with Crippen molar-refractivity contribution in [3.8, 4) is 0 Å². The minimum Gasteiger partial charge on any atom is -0.333 e. The Morgan fingerprint density at radius 2 is 1.83 bits per heavy atom. The lowest BCUT2D eigenvalue weighted by molar-refractivity contribution is -0.117. The molecule has 130 valence electrons. The number of carbonyl (C=O) groups excluding carboxylic acids is 2. The molecule has 24 heavy (non-hydrogen) atoms. The van der Waals surface area contributed by atoms with Crippen LogP contribution in [0.15, 0.2) is 24.3 Å². The Morgan fingerprint density at radius 3 is 2.50 bits per heavy atom. The number of hydrogen-bond acceptors (Lipinski definition) is 2. The quantitative estimate of drug-likeness (QED) is 0.926. The van der Waals surface area contributed by atoms with E-state index in [4.69, 9.17) is 0 Å². The average molecular weight is 329 g/mol. The molecule has 2 fully saturated rings. The number of benzene rings is 1. The fourth-order valence-electron chi connectivity index (χ4n) is 3.69. The summed E-state index contributed by atoms with van der Waals surface area (Å²) in [4.78, 5) is 28.4. The normalized spacial score (nSPS) is 21.8. The Kier molecular flexibility index (Phi) is 5.07. The van der Waals surface area contributed by atoms with Crippen LogP contribution in [0.4, 0.5) is 10.5 Å². The summed E-state index contributed by atoms with van der Waals surface area (Å²) < 4.78 is 0. The second kappa shape index (κ2) is 7.24. The van der Waals surface area contributed by atoms with Gasteiger partial charge in [0.15, 0.2) is 0 Å². The SMILES string of the molecule is Cc1ccc(N2C[C@H](NC(=O)N(C)C3CCCCC3)CC2=O)cc1.